The number of halogens is 2. The Hall–Kier alpha value is -3.11. The molecule has 4 rings (SSSR count). The fourth-order valence-electron chi connectivity index (χ4n) is 3.86. The number of nitrogens with zero attached hydrogens (tertiary/aromatic N) is 3. The number of rotatable bonds is 7. The lowest BCUT2D eigenvalue weighted by molar-refractivity contribution is -0.126. The average Bonchev–Trinajstić information content (AvgIpc) is 3.33. The molecule has 33 heavy (non-hydrogen) atoms. The summed E-state index contributed by atoms with van der Waals surface area (Å²) in [6.45, 7) is 1.23. The van der Waals surface area contributed by atoms with E-state index in [4.69, 9.17) is 0 Å². The minimum absolute atomic E-state index is 0.0688. The van der Waals surface area contributed by atoms with Crippen molar-refractivity contribution in [1.82, 2.24) is 19.2 Å². The highest BCUT2D eigenvalue weighted by Gasteiger charge is 2.33. The third kappa shape index (κ3) is 5.45. The van der Waals surface area contributed by atoms with Crippen molar-refractivity contribution in [3.63, 3.8) is 0 Å². The Morgan fingerprint density at radius 3 is 2.42 bits per heavy atom. The van der Waals surface area contributed by atoms with Gasteiger partial charge < -0.3 is 9.88 Å². The molecule has 7 nitrogen and oxygen atoms in total. The first-order chi connectivity index (χ1) is 15.8. The van der Waals surface area contributed by atoms with Crippen LogP contribution in [0.15, 0.2) is 66.1 Å². The van der Waals surface area contributed by atoms with Crippen LogP contribution in [0.2, 0.25) is 0 Å². The molecule has 1 aromatic heterocycles. The minimum atomic E-state index is -4.16. The minimum Gasteiger partial charge on any atom is -0.352 e. The molecule has 0 aliphatic carbocycles. The molecule has 1 aliphatic rings. The summed E-state index contributed by atoms with van der Waals surface area (Å²) in [6.07, 6.45) is 5.99. The lowest BCUT2D eigenvalue weighted by atomic mass is 9.97. The van der Waals surface area contributed by atoms with Crippen LogP contribution in [-0.4, -0.2) is 41.3 Å². The van der Waals surface area contributed by atoms with Gasteiger partial charge in [-0.2, -0.15) is 4.31 Å². The largest absolute Gasteiger partial charge is 0.352 e. The highest BCUT2D eigenvalue weighted by atomic mass is 32.2. The number of benzene rings is 2. The molecule has 10 heteroatoms. The molecule has 1 saturated heterocycles. The zero-order valence-corrected chi connectivity index (χ0v) is 18.6. The molecule has 0 radical (unpaired) electrons. The van der Waals surface area contributed by atoms with Crippen molar-refractivity contribution in [2.75, 3.05) is 13.1 Å². The Bertz CT molecular complexity index is 1210. The van der Waals surface area contributed by atoms with Crippen molar-refractivity contribution >= 4 is 15.9 Å². The number of aromatic nitrogens is 2. The van der Waals surface area contributed by atoms with Gasteiger partial charge in [0.15, 0.2) is 0 Å². The number of piperidine rings is 1. The topological polar surface area (TPSA) is 84.3 Å². The van der Waals surface area contributed by atoms with E-state index in [9.17, 15) is 22.0 Å². The Labute approximate surface area is 191 Å². The Kier molecular flexibility index (Phi) is 6.85. The predicted octanol–water partition coefficient (Wildman–Crippen LogP) is 2.93. The van der Waals surface area contributed by atoms with E-state index in [0.29, 0.717) is 32.0 Å². The summed E-state index contributed by atoms with van der Waals surface area (Å²) in [5.41, 5.74) is 2.07. The van der Waals surface area contributed by atoms with E-state index in [1.54, 1.807) is 12.5 Å². The fraction of sp³-hybridized carbons (Fsp3) is 0.304. The van der Waals surface area contributed by atoms with Crippen molar-refractivity contribution in [1.29, 1.82) is 0 Å². The average molecular weight is 475 g/mol. The quantitative estimate of drug-likeness (QED) is 0.571. The normalized spacial score (nSPS) is 15.5. The molecule has 1 fully saturated rings. The lowest BCUT2D eigenvalue weighted by Gasteiger charge is -2.30. The van der Waals surface area contributed by atoms with Crippen LogP contribution < -0.4 is 5.32 Å². The third-order valence-electron chi connectivity index (χ3n) is 5.75. The molecular weight excluding hydrogens is 450 g/mol. The first-order valence-corrected chi connectivity index (χ1v) is 12.0. The highest BCUT2D eigenvalue weighted by Crippen LogP contribution is 2.26. The number of hydrogen-bond acceptors (Lipinski definition) is 4. The van der Waals surface area contributed by atoms with Gasteiger partial charge in [0.2, 0.25) is 15.9 Å². The number of hydrogen-bond donors (Lipinski definition) is 1. The molecule has 0 bridgehead atoms. The van der Waals surface area contributed by atoms with Gasteiger partial charge in [0.1, 0.15) is 16.5 Å². The molecule has 1 N–H and O–H groups in total. The first-order valence-electron chi connectivity index (χ1n) is 10.6. The van der Waals surface area contributed by atoms with E-state index in [-0.39, 0.29) is 24.9 Å². The Morgan fingerprint density at radius 2 is 1.76 bits per heavy atom. The Balaban J connectivity index is 1.28. The van der Waals surface area contributed by atoms with Crippen molar-refractivity contribution < 1.29 is 22.0 Å². The molecule has 0 saturated carbocycles. The molecule has 2 heterocycles. The SMILES string of the molecule is O=C(NCc1ccc(Cn2ccnc2)cc1)C1CCN(S(=O)(=O)c2cc(F)ccc2F)CC1. The zero-order valence-electron chi connectivity index (χ0n) is 17.8. The smallest absolute Gasteiger partial charge is 0.246 e. The second-order valence-corrected chi connectivity index (χ2v) is 9.93. The second-order valence-electron chi connectivity index (χ2n) is 8.02. The third-order valence-corrected chi connectivity index (χ3v) is 7.66. The molecular formula is C23H24F2N4O3S. The van der Waals surface area contributed by atoms with Gasteiger partial charge in [-0.15, -0.1) is 0 Å². The Morgan fingerprint density at radius 1 is 1.06 bits per heavy atom. The summed E-state index contributed by atoms with van der Waals surface area (Å²) < 4.78 is 55.8. The molecule has 3 aromatic rings. The van der Waals surface area contributed by atoms with E-state index in [1.807, 2.05) is 35.0 Å². The van der Waals surface area contributed by atoms with E-state index < -0.39 is 26.6 Å². The van der Waals surface area contributed by atoms with Gasteiger partial charge in [0.25, 0.3) is 0 Å². The van der Waals surface area contributed by atoms with Crippen LogP contribution in [0, 0.1) is 17.6 Å². The van der Waals surface area contributed by atoms with E-state index in [0.717, 1.165) is 27.6 Å². The summed E-state index contributed by atoms with van der Waals surface area (Å²) in [5.74, 6) is -2.30. The molecule has 0 spiro atoms. The number of imidazole rings is 1. The first kappa shape index (κ1) is 23.1. The summed E-state index contributed by atoms with van der Waals surface area (Å²) in [6, 6.07) is 10.3. The van der Waals surface area contributed by atoms with Crippen LogP contribution in [-0.2, 0) is 27.9 Å². The molecule has 174 valence electrons. The zero-order chi connectivity index (χ0) is 23.4. The number of nitrogens with one attached hydrogen (secondary N) is 1. The van der Waals surface area contributed by atoms with Crippen molar-refractivity contribution in [2.24, 2.45) is 5.92 Å². The van der Waals surface area contributed by atoms with E-state index in [2.05, 4.69) is 10.3 Å². The summed E-state index contributed by atoms with van der Waals surface area (Å²) >= 11 is 0. The fourth-order valence-corrected chi connectivity index (χ4v) is 5.41. The number of sulfonamides is 1. The van der Waals surface area contributed by atoms with Gasteiger partial charge in [0, 0.05) is 44.5 Å². The maximum atomic E-state index is 14.0. The van der Waals surface area contributed by atoms with E-state index in [1.165, 1.54) is 0 Å². The maximum Gasteiger partial charge on any atom is 0.246 e. The molecule has 0 unspecified atom stereocenters. The van der Waals surface area contributed by atoms with Crippen molar-refractivity contribution in [3.05, 3.63) is 83.9 Å². The number of amides is 1. The lowest BCUT2D eigenvalue weighted by Crippen LogP contribution is -2.43. The van der Waals surface area contributed by atoms with Crippen LogP contribution in [0.1, 0.15) is 24.0 Å². The van der Waals surface area contributed by atoms with E-state index >= 15 is 0 Å². The van der Waals surface area contributed by atoms with Crippen LogP contribution >= 0.6 is 0 Å². The van der Waals surface area contributed by atoms with Gasteiger partial charge in [-0.05, 0) is 42.2 Å². The van der Waals surface area contributed by atoms with Crippen molar-refractivity contribution in [2.45, 2.75) is 30.8 Å². The molecule has 0 atom stereocenters. The number of carbonyl (C=O) groups is 1. The van der Waals surface area contributed by atoms with Crippen LogP contribution in [0.25, 0.3) is 0 Å². The number of carbonyl (C=O) groups excluding carboxylic acids is 1. The molecule has 2 aromatic carbocycles. The second kappa shape index (κ2) is 9.80. The van der Waals surface area contributed by atoms with Gasteiger partial charge in [-0.3, -0.25) is 4.79 Å². The van der Waals surface area contributed by atoms with Crippen LogP contribution in [0.4, 0.5) is 8.78 Å². The highest BCUT2D eigenvalue weighted by molar-refractivity contribution is 7.89. The molecule has 1 amide bonds. The molecule has 1 aliphatic heterocycles. The standard InChI is InChI=1S/C23H24F2N4O3S/c24-20-5-6-21(25)22(13-20)33(31,32)29-10-7-19(8-11-29)23(30)27-14-17-1-3-18(4-2-17)15-28-12-9-26-16-28/h1-6,9,12-13,16,19H,7-8,10-11,14-15H2,(H,27,30). The maximum absolute atomic E-state index is 14.0. The van der Waals surface area contributed by atoms with Gasteiger partial charge in [-0.1, -0.05) is 24.3 Å². The van der Waals surface area contributed by atoms with Crippen molar-refractivity contribution in [3.8, 4) is 0 Å². The van der Waals surface area contributed by atoms with Gasteiger partial charge in [-0.25, -0.2) is 22.2 Å². The summed E-state index contributed by atoms with van der Waals surface area (Å²) in [7, 11) is -4.16. The van der Waals surface area contributed by atoms with Gasteiger partial charge >= 0.3 is 0 Å². The van der Waals surface area contributed by atoms with Crippen LogP contribution in [0.5, 0.6) is 0 Å². The van der Waals surface area contributed by atoms with Crippen LogP contribution in [0.3, 0.4) is 0 Å². The summed E-state index contributed by atoms with van der Waals surface area (Å²) in [4.78, 5) is 15.9. The predicted molar refractivity (Wildman–Crippen MR) is 117 cm³/mol. The summed E-state index contributed by atoms with van der Waals surface area (Å²) in [5, 5.41) is 2.90. The van der Waals surface area contributed by atoms with Gasteiger partial charge in [0.05, 0.1) is 6.33 Å². The monoisotopic (exact) mass is 474 g/mol.